The molecule has 2 heteroatoms. The van der Waals surface area contributed by atoms with Crippen LogP contribution in [0.3, 0.4) is 0 Å². The molecule has 0 atom stereocenters. The zero-order chi connectivity index (χ0) is 15.8. The summed E-state index contributed by atoms with van der Waals surface area (Å²) in [5.74, 6) is 6.84. The van der Waals surface area contributed by atoms with Gasteiger partial charge in [-0.15, -0.1) is 0 Å². The van der Waals surface area contributed by atoms with Gasteiger partial charge < -0.3 is 4.74 Å². The van der Waals surface area contributed by atoms with Crippen LogP contribution in [0.5, 0.6) is 5.75 Å². The van der Waals surface area contributed by atoms with Gasteiger partial charge in [-0.05, 0) is 49.2 Å². The van der Waals surface area contributed by atoms with Gasteiger partial charge in [-0.25, -0.2) is 0 Å². The van der Waals surface area contributed by atoms with E-state index < -0.39 is 0 Å². The average Bonchev–Trinajstić information content (AvgIpc) is 2.55. The number of nitrogens with zero attached hydrogens (tertiary/aromatic N) is 1. The molecule has 0 amide bonds. The maximum absolute atomic E-state index is 9.16. The third kappa shape index (κ3) is 4.14. The maximum Gasteiger partial charge on any atom is 0.137 e. The summed E-state index contributed by atoms with van der Waals surface area (Å²) in [6.45, 7) is 4.62. The number of nitriles is 1. The molecule has 2 aromatic rings. The number of hydrogen-bond donors (Lipinski definition) is 0. The highest BCUT2D eigenvalue weighted by atomic mass is 16.5. The van der Waals surface area contributed by atoms with Gasteiger partial charge in [0.15, 0.2) is 0 Å². The topological polar surface area (TPSA) is 33.0 Å². The maximum atomic E-state index is 9.16. The van der Waals surface area contributed by atoms with Gasteiger partial charge in [0, 0.05) is 11.1 Å². The fraction of sp³-hybridized carbons (Fsp3) is 0.250. The van der Waals surface area contributed by atoms with Crippen molar-refractivity contribution in [2.45, 2.75) is 26.7 Å². The van der Waals surface area contributed by atoms with Crippen molar-refractivity contribution in [2.24, 2.45) is 0 Å². The molecular formula is C20H19NO. The van der Waals surface area contributed by atoms with Gasteiger partial charge in [0.2, 0.25) is 0 Å². The zero-order valence-electron chi connectivity index (χ0n) is 13.0. The molecule has 2 nitrogen and oxygen atoms in total. The van der Waals surface area contributed by atoms with Crippen molar-refractivity contribution in [3.05, 3.63) is 64.7 Å². The van der Waals surface area contributed by atoms with Crippen molar-refractivity contribution in [1.29, 1.82) is 5.26 Å². The van der Waals surface area contributed by atoms with Crippen LogP contribution >= 0.6 is 0 Å². The first-order chi connectivity index (χ1) is 10.8. The minimum atomic E-state index is 0.520. The van der Waals surface area contributed by atoms with Crippen LogP contribution in [0.4, 0.5) is 0 Å². The lowest BCUT2D eigenvalue weighted by Gasteiger charge is -2.04. The Morgan fingerprint density at radius 1 is 0.955 bits per heavy atom. The molecule has 2 rings (SSSR count). The van der Waals surface area contributed by atoms with Crippen LogP contribution in [0.25, 0.3) is 0 Å². The van der Waals surface area contributed by atoms with E-state index in [1.165, 1.54) is 5.56 Å². The summed E-state index contributed by atoms with van der Waals surface area (Å²) >= 11 is 0. The Balaban J connectivity index is 2.19. The minimum Gasteiger partial charge on any atom is -0.492 e. The van der Waals surface area contributed by atoms with Crippen molar-refractivity contribution in [3.8, 4) is 23.7 Å². The molecule has 0 unspecified atom stereocenters. The Bertz CT molecular complexity index is 727. The minimum absolute atomic E-state index is 0.520. The predicted molar refractivity (Wildman–Crippen MR) is 88.7 cm³/mol. The second kappa shape index (κ2) is 7.91. The second-order valence-corrected chi connectivity index (χ2v) is 4.95. The monoisotopic (exact) mass is 289 g/mol. The quantitative estimate of drug-likeness (QED) is 0.786. The molecule has 0 aliphatic rings. The van der Waals surface area contributed by atoms with E-state index in [9.17, 15) is 0 Å². The van der Waals surface area contributed by atoms with Crippen LogP contribution in [0.2, 0.25) is 0 Å². The van der Waals surface area contributed by atoms with Crippen LogP contribution in [0.1, 0.15) is 42.5 Å². The molecule has 0 aliphatic carbocycles. The zero-order valence-corrected chi connectivity index (χ0v) is 13.0. The van der Waals surface area contributed by atoms with E-state index in [1.807, 2.05) is 25.1 Å². The summed E-state index contributed by atoms with van der Waals surface area (Å²) in [5.41, 5.74) is 3.65. The lowest BCUT2D eigenvalue weighted by Crippen LogP contribution is -1.94. The summed E-state index contributed by atoms with van der Waals surface area (Å²) < 4.78 is 5.41. The molecule has 0 N–H and O–H groups in total. The lowest BCUT2D eigenvalue weighted by atomic mass is 10.1. The van der Waals surface area contributed by atoms with Crippen LogP contribution in [0, 0.1) is 23.2 Å². The Morgan fingerprint density at radius 2 is 1.64 bits per heavy atom. The van der Waals surface area contributed by atoms with Gasteiger partial charge in [-0.3, -0.25) is 0 Å². The summed E-state index contributed by atoms with van der Waals surface area (Å²) in [7, 11) is 0. The first-order valence-corrected chi connectivity index (χ1v) is 7.54. The van der Waals surface area contributed by atoms with E-state index in [4.69, 9.17) is 10.00 Å². The van der Waals surface area contributed by atoms with Crippen molar-refractivity contribution in [1.82, 2.24) is 0 Å². The molecule has 22 heavy (non-hydrogen) atoms. The summed E-state index contributed by atoms with van der Waals surface area (Å²) in [6.07, 6.45) is 2.24. The van der Waals surface area contributed by atoms with Crippen LogP contribution < -0.4 is 4.74 Å². The third-order valence-electron chi connectivity index (χ3n) is 3.24. The third-order valence-corrected chi connectivity index (χ3v) is 3.24. The fourth-order valence-electron chi connectivity index (χ4n) is 2.16. The van der Waals surface area contributed by atoms with E-state index in [0.717, 1.165) is 24.0 Å². The highest BCUT2D eigenvalue weighted by molar-refractivity contribution is 5.51. The molecule has 0 radical (unpaired) electrons. The Hall–Kier alpha value is -2.71. The highest BCUT2D eigenvalue weighted by Crippen LogP contribution is 2.19. The number of ether oxygens (including phenoxy) is 1. The highest BCUT2D eigenvalue weighted by Gasteiger charge is 2.02. The first kappa shape index (κ1) is 15.7. The van der Waals surface area contributed by atoms with Gasteiger partial charge >= 0.3 is 0 Å². The summed E-state index contributed by atoms with van der Waals surface area (Å²) in [6, 6.07) is 15.9. The van der Waals surface area contributed by atoms with Crippen molar-refractivity contribution in [3.63, 3.8) is 0 Å². The fourth-order valence-corrected chi connectivity index (χ4v) is 2.16. The molecule has 2 aromatic carbocycles. The lowest BCUT2D eigenvalue weighted by molar-refractivity contribution is 0.339. The van der Waals surface area contributed by atoms with Crippen molar-refractivity contribution >= 4 is 0 Å². The van der Waals surface area contributed by atoms with Crippen LogP contribution in [-0.4, -0.2) is 6.61 Å². The number of hydrogen-bond acceptors (Lipinski definition) is 2. The van der Waals surface area contributed by atoms with Gasteiger partial charge in [-0.1, -0.05) is 37.3 Å². The Morgan fingerprint density at radius 3 is 2.27 bits per heavy atom. The van der Waals surface area contributed by atoms with Gasteiger partial charge in [-0.2, -0.15) is 5.26 Å². The average molecular weight is 289 g/mol. The summed E-state index contributed by atoms with van der Waals surface area (Å²) in [5, 5.41) is 9.16. The SMILES string of the molecule is CCCc1ccc(C#Cc2ccc(OCC)c(C#N)c2)cc1. The van der Waals surface area contributed by atoms with Crippen LogP contribution in [0.15, 0.2) is 42.5 Å². The normalized spacial score (nSPS) is 9.50. The molecule has 0 fully saturated rings. The van der Waals surface area contributed by atoms with E-state index in [0.29, 0.717) is 17.9 Å². The second-order valence-electron chi connectivity index (χ2n) is 4.95. The number of benzene rings is 2. The standard InChI is InChI=1S/C20H19NO/c1-3-5-16-6-8-17(9-7-16)10-11-18-12-13-20(22-4-2)19(14-18)15-21/h6-9,12-14H,3-5H2,1-2H3. The van der Waals surface area contributed by atoms with Crippen LogP contribution in [-0.2, 0) is 6.42 Å². The van der Waals surface area contributed by atoms with E-state index >= 15 is 0 Å². The van der Waals surface area contributed by atoms with Crippen molar-refractivity contribution < 1.29 is 4.74 Å². The van der Waals surface area contributed by atoms with E-state index in [1.54, 1.807) is 12.1 Å². The smallest absolute Gasteiger partial charge is 0.137 e. The Labute approximate surface area is 132 Å². The van der Waals surface area contributed by atoms with Crippen molar-refractivity contribution in [2.75, 3.05) is 6.61 Å². The molecule has 110 valence electrons. The van der Waals surface area contributed by atoms with E-state index in [-0.39, 0.29) is 0 Å². The molecule has 0 aliphatic heterocycles. The molecule has 0 heterocycles. The predicted octanol–water partition coefficient (Wildman–Crippen LogP) is 4.31. The molecule has 0 saturated heterocycles. The van der Waals surface area contributed by atoms with Gasteiger partial charge in [0.05, 0.1) is 12.2 Å². The first-order valence-electron chi connectivity index (χ1n) is 7.54. The Kier molecular flexibility index (Phi) is 5.64. The number of aryl methyl sites for hydroxylation is 1. The van der Waals surface area contributed by atoms with E-state index in [2.05, 4.69) is 37.0 Å². The van der Waals surface area contributed by atoms with Gasteiger partial charge in [0.25, 0.3) is 0 Å². The summed E-state index contributed by atoms with van der Waals surface area (Å²) in [4.78, 5) is 0. The molecule has 0 aromatic heterocycles. The molecular weight excluding hydrogens is 270 g/mol. The number of rotatable bonds is 4. The molecule has 0 bridgehead atoms. The molecule has 0 saturated carbocycles. The largest absolute Gasteiger partial charge is 0.492 e. The molecule has 0 spiro atoms. The van der Waals surface area contributed by atoms with Gasteiger partial charge in [0.1, 0.15) is 11.8 Å².